The van der Waals surface area contributed by atoms with Crippen molar-refractivity contribution in [2.75, 3.05) is 0 Å². The van der Waals surface area contributed by atoms with Gasteiger partial charge in [0.05, 0.1) is 0 Å². The Morgan fingerprint density at radius 2 is 1.89 bits per heavy atom. The number of amides is 2. The molecule has 27 heavy (non-hydrogen) atoms. The highest BCUT2D eigenvalue weighted by atomic mass is 16.2. The smallest absolute Gasteiger partial charge is 0.247 e. The van der Waals surface area contributed by atoms with E-state index < -0.39 is 0 Å². The molecule has 1 aromatic carbocycles. The summed E-state index contributed by atoms with van der Waals surface area (Å²) in [6.07, 6.45) is 9.78. The topological polar surface area (TPSA) is 62.3 Å². The highest BCUT2D eigenvalue weighted by Gasteiger charge is 2.50. The summed E-state index contributed by atoms with van der Waals surface area (Å²) in [5.74, 6) is 0.136. The summed E-state index contributed by atoms with van der Waals surface area (Å²) in [5, 5.41) is 3.00. The molecule has 1 aromatic heterocycles. The van der Waals surface area contributed by atoms with Gasteiger partial charge in [0, 0.05) is 31.1 Å². The molecule has 2 amide bonds. The molecule has 1 aliphatic carbocycles. The minimum absolute atomic E-state index is 0.0551. The van der Waals surface area contributed by atoms with Crippen molar-refractivity contribution in [1.29, 1.82) is 0 Å². The average molecular weight is 361 g/mol. The average Bonchev–Trinajstić information content (AvgIpc) is 3.33. The van der Waals surface area contributed by atoms with Gasteiger partial charge in [0.25, 0.3) is 0 Å². The molecule has 3 atom stereocenters. The highest BCUT2D eigenvalue weighted by Crippen LogP contribution is 2.42. The number of aromatic nitrogens is 1. The number of fused-ring (bicyclic) bond motifs is 2. The quantitative estimate of drug-likeness (QED) is 0.833. The first-order valence-electron chi connectivity index (χ1n) is 9.44. The van der Waals surface area contributed by atoms with Gasteiger partial charge in [-0.05, 0) is 54.5 Å². The first kappa shape index (κ1) is 17.5. The number of hydrogen-bond donors (Lipinski definition) is 1. The molecule has 5 heteroatoms. The van der Waals surface area contributed by atoms with Crippen molar-refractivity contribution >= 4 is 17.9 Å². The van der Waals surface area contributed by atoms with Crippen LogP contribution in [0.3, 0.4) is 0 Å². The minimum Gasteiger partial charge on any atom is -0.350 e. The van der Waals surface area contributed by atoms with Gasteiger partial charge >= 0.3 is 0 Å². The van der Waals surface area contributed by atoms with Crippen molar-refractivity contribution in [2.45, 2.75) is 37.9 Å². The number of rotatable bonds is 5. The van der Waals surface area contributed by atoms with Crippen LogP contribution in [0.2, 0.25) is 0 Å². The van der Waals surface area contributed by atoms with Crippen LogP contribution in [0.25, 0.3) is 6.08 Å². The monoisotopic (exact) mass is 361 g/mol. The fraction of sp³-hybridized carbons (Fsp3) is 0.318. The number of piperidine rings is 1. The third-order valence-corrected chi connectivity index (χ3v) is 5.54. The van der Waals surface area contributed by atoms with Gasteiger partial charge in [0.2, 0.25) is 11.8 Å². The van der Waals surface area contributed by atoms with Crippen LogP contribution in [0.1, 0.15) is 30.4 Å². The Bertz CT molecular complexity index is 835. The van der Waals surface area contributed by atoms with Crippen LogP contribution in [0.5, 0.6) is 0 Å². The molecule has 3 unspecified atom stereocenters. The van der Waals surface area contributed by atoms with Gasteiger partial charge in [0.15, 0.2) is 0 Å². The van der Waals surface area contributed by atoms with Crippen molar-refractivity contribution in [3.8, 4) is 0 Å². The summed E-state index contributed by atoms with van der Waals surface area (Å²) in [6, 6.07) is 13.3. The maximum absolute atomic E-state index is 12.9. The molecule has 2 bridgehead atoms. The number of nitrogens with one attached hydrogen (secondary N) is 1. The van der Waals surface area contributed by atoms with Crippen molar-refractivity contribution in [1.82, 2.24) is 15.2 Å². The van der Waals surface area contributed by atoms with Gasteiger partial charge in [0.1, 0.15) is 6.04 Å². The number of carbonyl (C=O) groups is 2. The summed E-state index contributed by atoms with van der Waals surface area (Å²) in [4.78, 5) is 31.5. The summed E-state index contributed by atoms with van der Waals surface area (Å²) < 4.78 is 0. The van der Waals surface area contributed by atoms with E-state index in [1.807, 2.05) is 48.5 Å². The van der Waals surface area contributed by atoms with Gasteiger partial charge in [-0.2, -0.15) is 0 Å². The molecule has 1 saturated heterocycles. The van der Waals surface area contributed by atoms with Crippen LogP contribution in [-0.2, 0) is 16.1 Å². The zero-order chi connectivity index (χ0) is 18.6. The summed E-state index contributed by atoms with van der Waals surface area (Å²) in [7, 11) is 0. The van der Waals surface area contributed by atoms with E-state index in [4.69, 9.17) is 0 Å². The fourth-order valence-electron chi connectivity index (χ4n) is 4.25. The van der Waals surface area contributed by atoms with Crippen molar-refractivity contribution in [3.63, 3.8) is 0 Å². The van der Waals surface area contributed by atoms with Gasteiger partial charge in [-0.15, -0.1) is 0 Å². The molecule has 4 rings (SSSR count). The highest BCUT2D eigenvalue weighted by molar-refractivity contribution is 5.96. The Labute approximate surface area is 159 Å². The van der Waals surface area contributed by atoms with Crippen LogP contribution in [0.4, 0.5) is 0 Å². The standard InChI is InChI=1S/C22H23N3O2/c26-20(9-6-16-4-2-1-3-5-16)25-19-8-7-18(14-19)21(25)22(27)24-15-17-10-12-23-13-11-17/h1-6,9-13,18-19,21H,7-8,14-15H2,(H,24,27)/b9-6+. The molecule has 1 saturated carbocycles. The van der Waals surface area contributed by atoms with E-state index in [0.29, 0.717) is 6.54 Å². The zero-order valence-electron chi connectivity index (χ0n) is 15.1. The Kier molecular flexibility index (Phi) is 5.01. The number of likely N-dealkylation sites (tertiary alicyclic amines) is 1. The van der Waals surface area contributed by atoms with Crippen LogP contribution < -0.4 is 5.32 Å². The molecule has 2 fully saturated rings. The van der Waals surface area contributed by atoms with Gasteiger partial charge in [-0.3, -0.25) is 14.6 Å². The summed E-state index contributed by atoms with van der Waals surface area (Å²) in [6.45, 7) is 0.455. The first-order chi connectivity index (χ1) is 13.2. The molecule has 2 aliphatic rings. The lowest BCUT2D eigenvalue weighted by Crippen LogP contribution is -2.52. The van der Waals surface area contributed by atoms with Gasteiger partial charge < -0.3 is 10.2 Å². The third-order valence-electron chi connectivity index (χ3n) is 5.54. The van der Waals surface area contributed by atoms with E-state index >= 15 is 0 Å². The lowest BCUT2D eigenvalue weighted by molar-refractivity contribution is -0.139. The van der Waals surface area contributed by atoms with E-state index in [1.165, 1.54) is 0 Å². The second-order valence-electron chi connectivity index (χ2n) is 7.23. The maximum Gasteiger partial charge on any atom is 0.247 e. The van der Waals surface area contributed by atoms with E-state index in [9.17, 15) is 9.59 Å². The summed E-state index contributed by atoms with van der Waals surface area (Å²) in [5.41, 5.74) is 1.98. The minimum atomic E-state index is -0.362. The second-order valence-corrected chi connectivity index (χ2v) is 7.23. The van der Waals surface area contributed by atoms with Gasteiger partial charge in [-0.25, -0.2) is 0 Å². The first-order valence-corrected chi connectivity index (χ1v) is 9.44. The van der Waals surface area contributed by atoms with Gasteiger partial charge in [-0.1, -0.05) is 30.3 Å². The van der Waals surface area contributed by atoms with Crippen LogP contribution in [-0.4, -0.2) is 33.8 Å². The third kappa shape index (κ3) is 3.77. The number of pyridine rings is 1. The molecule has 0 spiro atoms. The number of carbonyl (C=O) groups excluding carboxylic acids is 2. The molecule has 0 radical (unpaired) electrons. The molecular weight excluding hydrogens is 338 g/mol. The van der Waals surface area contributed by atoms with Crippen LogP contribution >= 0.6 is 0 Å². The fourth-order valence-corrected chi connectivity index (χ4v) is 4.25. The van der Waals surface area contributed by atoms with Crippen molar-refractivity contribution in [3.05, 3.63) is 72.1 Å². The Morgan fingerprint density at radius 1 is 1.11 bits per heavy atom. The normalized spacial score (nSPS) is 23.7. The Morgan fingerprint density at radius 3 is 2.67 bits per heavy atom. The number of nitrogens with zero attached hydrogens (tertiary/aromatic N) is 2. The number of benzene rings is 1. The van der Waals surface area contributed by atoms with E-state index in [2.05, 4.69) is 10.3 Å². The second kappa shape index (κ2) is 7.74. The van der Waals surface area contributed by atoms with Crippen molar-refractivity contribution < 1.29 is 9.59 Å². The molecule has 1 N–H and O–H groups in total. The summed E-state index contributed by atoms with van der Waals surface area (Å²) >= 11 is 0. The predicted molar refractivity (Wildman–Crippen MR) is 103 cm³/mol. The predicted octanol–water partition coefficient (Wildman–Crippen LogP) is 2.79. The van der Waals surface area contributed by atoms with E-state index in [-0.39, 0.29) is 29.8 Å². The zero-order valence-corrected chi connectivity index (χ0v) is 15.1. The van der Waals surface area contributed by atoms with E-state index in [0.717, 1.165) is 30.4 Å². The van der Waals surface area contributed by atoms with E-state index in [1.54, 1.807) is 23.4 Å². The largest absolute Gasteiger partial charge is 0.350 e. The lowest BCUT2D eigenvalue weighted by atomic mass is 9.97. The van der Waals surface area contributed by atoms with Crippen molar-refractivity contribution in [2.24, 2.45) is 5.92 Å². The molecule has 138 valence electrons. The molecule has 2 heterocycles. The molecular formula is C22H23N3O2. The molecule has 2 aromatic rings. The maximum atomic E-state index is 12.9. The van der Waals surface area contributed by atoms with Crippen LogP contribution in [0, 0.1) is 5.92 Å². The Hall–Kier alpha value is -2.95. The molecule has 1 aliphatic heterocycles. The molecule has 5 nitrogen and oxygen atoms in total. The Balaban J connectivity index is 1.45. The van der Waals surface area contributed by atoms with Crippen LogP contribution in [0.15, 0.2) is 60.9 Å². The SMILES string of the molecule is O=C(NCc1ccncc1)C1C2CCC(C2)N1C(=O)/C=C/c1ccccc1. The lowest BCUT2D eigenvalue weighted by Gasteiger charge is -2.33. The number of hydrogen-bond acceptors (Lipinski definition) is 3.